The third-order valence-electron chi connectivity index (χ3n) is 4.50. The van der Waals surface area contributed by atoms with Crippen LogP contribution in [-0.2, 0) is 4.79 Å². The Morgan fingerprint density at radius 3 is 2.52 bits per heavy atom. The largest absolute Gasteiger partial charge is 0.492 e. The lowest BCUT2D eigenvalue weighted by Gasteiger charge is -2.36. The highest BCUT2D eigenvalue weighted by atomic mass is 32.1. The number of hydrogen-bond donors (Lipinski definition) is 1. The van der Waals surface area contributed by atoms with Crippen LogP contribution in [0.5, 0.6) is 5.75 Å². The molecule has 1 aromatic carbocycles. The highest BCUT2D eigenvalue weighted by Gasteiger charge is 2.23. The molecule has 144 valence electrons. The van der Waals surface area contributed by atoms with Gasteiger partial charge in [0.15, 0.2) is 0 Å². The average molecular weight is 388 g/mol. The van der Waals surface area contributed by atoms with Crippen LogP contribution in [0.1, 0.15) is 21.5 Å². The molecular weight excluding hydrogens is 362 g/mol. The molecule has 27 heavy (non-hydrogen) atoms. The standard InChI is InChI=1S/C20H25N3O3S/c1-3-26-17-7-5-4-6-16(17)22-10-12-23(13-11-22)19(24)14-21-20(25)18-9-8-15(2)27-18/h4-9H,3,10-14H2,1-2H3,(H,21,25). The molecule has 1 aliphatic rings. The van der Waals surface area contributed by atoms with Crippen molar-refractivity contribution in [3.05, 3.63) is 46.2 Å². The summed E-state index contributed by atoms with van der Waals surface area (Å²) >= 11 is 1.43. The van der Waals surface area contributed by atoms with Gasteiger partial charge in [-0.05, 0) is 38.1 Å². The summed E-state index contributed by atoms with van der Waals surface area (Å²) < 4.78 is 5.70. The number of anilines is 1. The Labute approximate surface area is 163 Å². The fraction of sp³-hybridized carbons (Fsp3) is 0.400. The summed E-state index contributed by atoms with van der Waals surface area (Å²) in [6.45, 7) is 7.33. The minimum atomic E-state index is -0.189. The smallest absolute Gasteiger partial charge is 0.261 e. The predicted molar refractivity (Wildman–Crippen MR) is 108 cm³/mol. The number of thiophene rings is 1. The molecule has 1 fully saturated rings. The maximum atomic E-state index is 12.4. The SMILES string of the molecule is CCOc1ccccc1N1CCN(C(=O)CNC(=O)c2ccc(C)s2)CC1. The minimum absolute atomic E-state index is 0.0330. The summed E-state index contributed by atoms with van der Waals surface area (Å²) in [5.41, 5.74) is 1.06. The van der Waals surface area contributed by atoms with Crippen LogP contribution in [0, 0.1) is 6.92 Å². The molecule has 1 saturated heterocycles. The topological polar surface area (TPSA) is 61.9 Å². The van der Waals surface area contributed by atoms with Crippen LogP contribution < -0.4 is 15.0 Å². The monoisotopic (exact) mass is 387 g/mol. The molecule has 3 rings (SSSR count). The Morgan fingerprint density at radius 1 is 1.11 bits per heavy atom. The second-order valence-electron chi connectivity index (χ2n) is 6.36. The molecule has 0 bridgehead atoms. The van der Waals surface area contributed by atoms with Gasteiger partial charge in [-0.2, -0.15) is 0 Å². The van der Waals surface area contributed by atoms with Gasteiger partial charge in [-0.15, -0.1) is 11.3 Å². The number of benzene rings is 1. The van der Waals surface area contributed by atoms with E-state index in [1.165, 1.54) is 11.3 Å². The highest BCUT2D eigenvalue weighted by molar-refractivity contribution is 7.13. The van der Waals surface area contributed by atoms with E-state index in [0.717, 1.165) is 29.4 Å². The molecule has 2 aromatic rings. The number of nitrogens with zero attached hydrogens (tertiary/aromatic N) is 2. The number of aryl methyl sites for hydroxylation is 1. The lowest BCUT2D eigenvalue weighted by atomic mass is 10.2. The molecule has 0 unspecified atom stereocenters. The van der Waals surface area contributed by atoms with Crippen LogP contribution in [0.25, 0.3) is 0 Å². The van der Waals surface area contributed by atoms with E-state index in [2.05, 4.69) is 10.2 Å². The van der Waals surface area contributed by atoms with Gasteiger partial charge in [0, 0.05) is 31.1 Å². The molecule has 2 amide bonds. The van der Waals surface area contributed by atoms with E-state index in [9.17, 15) is 9.59 Å². The Morgan fingerprint density at radius 2 is 1.85 bits per heavy atom. The van der Waals surface area contributed by atoms with Crippen molar-refractivity contribution < 1.29 is 14.3 Å². The van der Waals surface area contributed by atoms with Crippen LogP contribution in [0.4, 0.5) is 5.69 Å². The van der Waals surface area contributed by atoms with E-state index < -0.39 is 0 Å². The summed E-state index contributed by atoms with van der Waals surface area (Å²) in [4.78, 5) is 30.3. The van der Waals surface area contributed by atoms with Crippen LogP contribution in [0.3, 0.4) is 0 Å². The fourth-order valence-electron chi connectivity index (χ4n) is 3.10. The second-order valence-corrected chi connectivity index (χ2v) is 7.65. The number of carbonyl (C=O) groups excluding carboxylic acids is 2. The van der Waals surface area contributed by atoms with E-state index in [1.54, 1.807) is 11.0 Å². The number of amides is 2. The van der Waals surface area contributed by atoms with Gasteiger partial charge >= 0.3 is 0 Å². The van der Waals surface area contributed by atoms with Crippen LogP contribution >= 0.6 is 11.3 Å². The van der Waals surface area contributed by atoms with Crippen molar-refractivity contribution in [1.29, 1.82) is 0 Å². The van der Waals surface area contributed by atoms with Gasteiger partial charge in [-0.1, -0.05) is 12.1 Å². The Hall–Kier alpha value is -2.54. The summed E-state index contributed by atoms with van der Waals surface area (Å²) in [6.07, 6.45) is 0. The fourth-order valence-corrected chi connectivity index (χ4v) is 3.89. The third-order valence-corrected chi connectivity index (χ3v) is 5.50. The maximum absolute atomic E-state index is 12.4. The van der Waals surface area contributed by atoms with Gasteiger partial charge < -0.3 is 19.9 Å². The zero-order valence-corrected chi connectivity index (χ0v) is 16.6. The first-order chi connectivity index (χ1) is 13.1. The number of rotatable bonds is 6. The molecule has 1 N–H and O–H groups in total. The molecule has 0 radical (unpaired) electrons. The number of para-hydroxylation sites is 2. The Kier molecular flexibility index (Phi) is 6.34. The molecule has 0 saturated carbocycles. The van der Waals surface area contributed by atoms with Crippen molar-refractivity contribution in [1.82, 2.24) is 10.2 Å². The van der Waals surface area contributed by atoms with E-state index in [0.29, 0.717) is 24.6 Å². The number of piperazine rings is 1. The normalized spacial score (nSPS) is 14.1. The van der Waals surface area contributed by atoms with E-state index in [4.69, 9.17) is 4.74 Å². The van der Waals surface area contributed by atoms with E-state index >= 15 is 0 Å². The summed E-state index contributed by atoms with van der Waals surface area (Å²) in [5.74, 6) is 0.637. The maximum Gasteiger partial charge on any atom is 0.261 e. The van der Waals surface area contributed by atoms with Gasteiger partial charge in [-0.3, -0.25) is 9.59 Å². The molecule has 0 spiro atoms. The van der Waals surface area contributed by atoms with Crippen LogP contribution in [0.15, 0.2) is 36.4 Å². The minimum Gasteiger partial charge on any atom is -0.492 e. The zero-order chi connectivity index (χ0) is 19.2. The first kappa shape index (κ1) is 19.2. The first-order valence-electron chi connectivity index (χ1n) is 9.17. The van der Waals surface area contributed by atoms with Crippen LogP contribution in [0.2, 0.25) is 0 Å². The van der Waals surface area contributed by atoms with Gasteiger partial charge in [0.1, 0.15) is 5.75 Å². The molecule has 0 aliphatic carbocycles. The molecule has 1 aliphatic heterocycles. The second kappa shape index (κ2) is 8.90. The molecule has 1 aromatic heterocycles. The van der Waals surface area contributed by atoms with Gasteiger partial charge in [-0.25, -0.2) is 0 Å². The number of nitrogens with one attached hydrogen (secondary N) is 1. The molecule has 7 heteroatoms. The number of carbonyl (C=O) groups is 2. The highest BCUT2D eigenvalue weighted by Crippen LogP contribution is 2.28. The zero-order valence-electron chi connectivity index (χ0n) is 15.7. The van der Waals surface area contributed by atoms with Gasteiger partial charge in [0.25, 0.3) is 5.91 Å². The van der Waals surface area contributed by atoms with Crippen LogP contribution in [-0.4, -0.2) is 56.0 Å². The van der Waals surface area contributed by atoms with Crippen molar-refractivity contribution in [2.24, 2.45) is 0 Å². The van der Waals surface area contributed by atoms with Crippen molar-refractivity contribution in [3.63, 3.8) is 0 Å². The number of ether oxygens (including phenoxy) is 1. The van der Waals surface area contributed by atoms with E-state index in [1.807, 2.05) is 44.2 Å². The summed E-state index contributed by atoms with van der Waals surface area (Å²) in [7, 11) is 0. The Balaban J connectivity index is 1.50. The first-order valence-corrected chi connectivity index (χ1v) is 9.99. The predicted octanol–water partition coefficient (Wildman–Crippen LogP) is 2.53. The lowest BCUT2D eigenvalue weighted by molar-refractivity contribution is -0.130. The van der Waals surface area contributed by atoms with Crippen molar-refractivity contribution in [2.75, 3.05) is 44.2 Å². The molecule has 2 heterocycles. The molecule has 0 atom stereocenters. The lowest BCUT2D eigenvalue weighted by Crippen LogP contribution is -2.51. The summed E-state index contributed by atoms with van der Waals surface area (Å²) in [5, 5.41) is 2.72. The van der Waals surface area contributed by atoms with Gasteiger partial charge in [0.05, 0.1) is 23.7 Å². The number of hydrogen-bond acceptors (Lipinski definition) is 5. The van der Waals surface area contributed by atoms with E-state index in [-0.39, 0.29) is 18.4 Å². The quantitative estimate of drug-likeness (QED) is 0.827. The van der Waals surface area contributed by atoms with Crippen molar-refractivity contribution in [3.8, 4) is 5.75 Å². The Bertz CT molecular complexity index is 797. The van der Waals surface area contributed by atoms with Gasteiger partial charge in [0.2, 0.25) is 5.91 Å². The van der Waals surface area contributed by atoms with Crippen molar-refractivity contribution in [2.45, 2.75) is 13.8 Å². The average Bonchev–Trinajstić information content (AvgIpc) is 3.13. The third kappa shape index (κ3) is 4.80. The van der Waals surface area contributed by atoms with Crippen molar-refractivity contribution >= 4 is 28.8 Å². The summed E-state index contributed by atoms with van der Waals surface area (Å²) in [6, 6.07) is 11.7. The molecule has 6 nitrogen and oxygen atoms in total. The molecular formula is C20H25N3O3S.